The van der Waals surface area contributed by atoms with Crippen molar-refractivity contribution in [3.05, 3.63) is 29.6 Å². The average molecular weight is 268 g/mol. The summed E-state index contributed by atoms with van der Waals surface area (Å²) in [5, 5.41) is 8.88. The molecular formula is C12H13FN2O4. The fourth-order valence-electron chi connectivity index (χ4n) is 1.93. The number of carbonyl (C=O) groups is 2. The number of morpholine rings is 1. The first-order valence-electron chi connectivity index (χ1n) is 5.67. The molecule has 3 N–H and O–H groups in total. The molecule has 102 valence electrons. The molecule has 0 spiro atoms. The van der Waals surface area contributed by atoms with E-state index in [1.165, 1.54) is 12.1 Å². The van der Waals surface area contributed by atoms with Gasteiger partial charge in [-0.25, -0.2) is 9.18 Å². The molecule has 0 bridgehead atoms. The highest BCUT2D eigenvalue weighted by atomic mass is 19.1. The van der Waals surface area contributed by atoms with Crippen molar-refractivity contribution in [2.24, 2.45) is 5.73 Å². The van der Waals surface area contributed by atoms with Gasteiger partial charge < -0.3 is 20.5 Å². The quantitative estimate of drug-likeness (QED) is 0.817. The number of carbonyl (C=O) groups excluding carboxylic acids is 1. The summed E-state index contributed by atoms with van der Waals surface area (Å²) in [6, 6.07) is 3.87. The number of aliphatic carboxylic acids is 1. The van der Waals surface area contributed by atoms with Crippen LogP contribution < -0.4 is 10.6 Å². The summed E-state index contributed by atoms with van der Waals surface area (Å²) in [5.74, 6) is -2.41. The zero-order chi connectivity index (χ0) is 14.0. The Labute approximate surface area is 108 Å². The van der Waals surface area contributed by atoms with Gasteiger partial charge in [0.2, 0.25) is 5.91 Å². The Bertz CT molecular complexity index is 520. The Balaban J connectivity index is 2.22. The average Bonchev–Trinajstić information content (AvgIpc) is 2.38. The van der Waals surface area contributed by atoms with E-state index in [-0.39, 0.29) is 24.4 Å². The molecule has 1 fully saturated rings. The maximum absolute atomic E-state index is 13.9. The van der Waals surface area contributed by atoms with Crippen LogP contribution in [-0.2, 0) is 9.53 Å². The van der Waals surface area contributed by atoms with E-state index in [0.29, 0.717) is 6.54 Å². The van der Waals surface area contributed by atoms with Crippen LogP contribution >= 0.6 is 0 Å². The van der Waals surface area contributed by atoms with Gasteiger partial charge in [-0.1, -0.05) is 0 Å². The zero-order valence-corrected chi connectivity index (χ0v) is 10.0. The summed E-state index contributed by atoms with van der Waals surface area (Å²) in [6.07, 6.45) is -0.982. The minimum Gasteiger partial charge on any atom is -0.479 e. The van der Waals surface area contributed by atoms with Crippen LogP contribution in [0.2, 0.25) is 0 Å². The molecule has 1 unspecified atom stereocenters. The van der Waals surface area contributed by atoms with E-state index in [4.69, 9.17) is 15.6 Å². The number of hydrogen-bond acceptors (Lipinski definition) is 4. The van der Waals surface area contributed by atoms with Crippen LogP contribution in [0.4, 0.5) is 10.1 Å². The largest absolute Gasteiger partial charge is 0.479 e. The van der Waals surface area contributed by atoms with Crippen molar-refractivity contribution in [1.82, 2.24) is 0 Å². The van der Waals surface area contributed by atoms with Gasteiger partial charge in [0.05, 0.1) is 18.8 Å². The van der Waals surface area contributed by atoms with Gasteiger partial charge in [-0.2, -0.15) is 0 Å². The maximum atomic E-state index is 13.9. The summed E-state index contributed by atoms with van der Waals surface area (Å²) in [5.41, 5.74) is 5.37. The monoisotopic (exact) mass is 268 g/mol. The van der Waals surface area contributed by atoms with Gasteiger partial charge >= 0.3 is 5.97 Å². The number of nitrogens with two attached hydrogens (primary N) is 1. The number of amides is 1. The predicted molar refractivity (Wildman–Crippen MR) is 64.5 cm³/mol. The summed E-state index contributed by atoms with van der Waals surface area (Å²) < 4.78 is 18.9. The van der Waals surface area contributed by atoms with Crippen molar-refractivity contribution < 1.29 is 23.8 Å². The van der Waals surface area contributed by atoms with E-state index in [1.807, 2.05) is 0 Å². The SMILES string of the molecule is NC(=O)c1ccc(N2CCOC(C(=O)O)C2)c(F)c1. The highest BCUT2D eigenvalue weighted by Crippen LogP contribution is 2.22. The molecule has 1 aromatic rings. The number of anilines is 1. The van der Waals surface area contributed by atoms with Crippen molar-refractivity contribution >= 4 is 17.6 Å². The lowest BCUT2D eigenvalue weighted by Gasteiger charge is -2.32. The number of nitrogens with zero attached hydrogens (tertiary/aromatic N) is 1. The number of hydrogen-bond donors (Lipinski definition) is 2. The minimum atomic E-state index is -1.08. The van der Waals surface area contributed by atoms with Gasteiger partial charge in [-0.15, -0.1) is 0 Å². The van der Waals surface area contributed by atoms with Gasteiger partial charge in [0, 0.05) is 12.1 Å². The fourth-order valence-corrected chi connectivity index (χ4v) is 1.93. The molecule has 0 saturated carbocycles. The topological polar surface area (TPSA) is 92.9 Å². The first-order chi connectivity index (χ1) is 8.99. The highest BCUT2D eigenvalue weighted by molar-refractivity contribution is 5.93. The molecule has 0 aromatic heterocycles. The van der Waals surface area contributed by atoms with Gasteiger partial charge in [0.1, 0.15) is 5.82 Å². The molecule has 1 aliphatic rings. The van der Waals surface area contributed by atoms with Crippen LogP contribution in [0, 0.1) is 5.82 Å². The van der Waals surface area contributed by atoms with E-state index in [0.717, 1.165) is 6.07 Å². The molecule has 7 heteroatoms. The Morgan fingerprint density at radius 2 is 2.21 bits per heavy atom. The molecule has 1 saturated heterocycles. The second-order valence-corrected chi connectivity index (χ2v) is 4.17. The van der Waals surface area contributed by atoms with Gasteiger partial charge in [0.25, 0.3) is 0 Å². The lowest BCUT2D eigenvalue weighted by atomic mass is 10.1. The van der Waals surface area contributed by atoms with Crippen LogP contribution in [0.5, 0.6) is 0 Å². The number of carboxylic acid groups (broad SMARTS) is 1. The normalized spacial score (nSPS) is 19.2. The Hall–Kier alpha value is -2.15. The third-order valence-corrected chi connectivity index (χ3v) is 2.91. The number of rotatable bonds is 3. The summed E-state index contributed by atoms with van der Waals surface area (Å²) in [6.45, 7) is 0.646. The number of ether oxygens (including phenoxy) is 1. The van der Waals surface area contributed by atoms with E-state index >= 15 is 0 Å². The third kappa shape index (κ3) is 2.82. The highest BCUT2D eigenvalue weighted by Gasteiger charge is 2.27. The first kappa shape index (κ1) is 13.3. The van der Waals surface area contributed by atoms with E-state index < -0.39 is 23.8 Å². The Morgan fingerprint density at radius 1 is 1.47 bits per heavy atom. The molecule has 1 amide bonds. The molecule has 1 heterocycles. The Morgan fingerprint density at radius 3 is 2.79 bits per heavy atom. The Kier molecular flexibility index (Phi) is 3.66. The maximum Gasteiger partial charge on any atom is 0.334 e. The number of benzene rings is 1. The molecule has 2 rings (SSSR count). The van der Waals surface area contributed by atoms with Crippen molar-refractivity contribution in [3.8, 4) is 0 Å². The molecule has 1 aliphatic heterocycles. The second-order valence-electron chi connectivity index (χ2n) is 4.17. The standard InChI is InChI=1S/C12H13FN2O4/c13-8-5-7(11(14)16)1-2-9(8)15-3-4-19-10(6-15)12(17)18/h1-2,5,10H,3-4,6H2,(H2,14,16)(H,17,18). The van der Waals surface area contributed by atoms with Gasteiger partial charge in [-0.05, 0) is 18.2 Å². The lowest BCUT2D eigenvalue weighted by Crippen LogP contribution is -2.46. The van der Waals surface area contributed by atoms with E-state index in [9.17, 15) is 14.0 Å². The smallest absolute Gasteiger partial charge is 0.334 e. The van der Waals surface area contributed by atoms with E-state index in [1.54, 1.807) is 4.90 Å². The first-order valence-corrected chi connectivity index (χ1v) is 5.67. The summed E-state index contributed by atoms with van der Waals surface area (Å²) in [4.78, 5) is 23.4. The van der Waals surface area contributed by atoms with Crippen LogP contribution in [-0.4, -0.2) is 42.8 Å². The van der Waals surface area contributed by atoms with Crippen molar-refractivity contribution in [2.75, 3.05) is 24.6 Å². The zero-order valence-electron chi connectivity index (χ0n) is 10.0. The van der Waals surface area contributed by atoms with E-state index in [2.05, 4.69) is 0 Å². The summed E-state index contributed by atoms with van der Waals surface area (Å²) in [7, 11) is 0. The molecule has 1 aromatic carbocycles. The molecule has 1 atom stereocenters. The van der Waals surface area contributed by atoms with Crippen LogP contribution in [0.15, 0.2) is 18.2 Å². The number of halogens is 1. The lowest BCUT2D eigenvalue weighted by molar-refractivity contribution is -0.150. The fraction of sp³-hybridized carbons (Fsp3) is 0.333. The number of carboxylic acids is 1. The van der Waals surface area contributed by atoms with Crippen LogP contribution in [0.25, 0.3) is 0 Å². The minimum absolute atomic E-state index is 0.0577. The second kappa shape index (κ2) is 5.23. The predicted octanol–water partition coefficient (Wildman–Crippen LogP) is 0.214. The van der Waals surface area contributed by atoms with Gasteiger partial charge in [0.15, 0.2) is 6.10 Å². The van der Waals surface area contributed by atoms with Gasteiger partial charge in [-0.3, -0.25) is 4.79 Å². The van der Waals surface area contributed by atoms with Crippen LogP contribution in [0.3, 0.4) is 0 Å². The third-order valence-electron chi connectivity index (χ3n) is 2.91. The van der Waals surface area contributed by atoms with Crippen molar-refractivity contribution in [3.63, 3.8) is 0 Å². The van der Waals surface area contributed by atoms with Crippen LogP contribution in [0.1, 0.15) is 10.4 Å². The molecule has 19 heavy (non-hydrogen) atoms. The molecular weight excluding hydrogens is 255 g/mol. The molecule has 0 aliphatic carbocycles. The number of primary amides is 1. The summed E-state index contributed by atoms with van der Waals surface area (Å²) >= 11 is 0. The van der Waals surface area contributed by atoms with Crippen molar-refractivity contribution in [1.29, 1.82) is 0 Å². The van der Waals surface area contributed by atoms with Crippen molar-refractivity contribution in [2.45, 2.75) is 6.10 Å². The molecule has 6 nitrogen and oxygen atoms in total. The molecule has 0 radical (unpaired) electrons.